The Kier molecular flexibility index (Phi) is 28.9. The third-order valence-electron chi connectivity index (χ3n) is 6.79. The highest BCUT2D eigenvalue weighted by molar-refractivity contribution is 7.47. The van der Waals surface area contributed by atoms with Gasteiger partial charge in [0.2, 0.25) is 0 Å². The third-order valence-corrected chi connectivity index (χ3v) is 7.78. The molecular formula is C38H65NO8P+. The number of esters is 2. The van der Waals surface area contributed by atoms with Crippen molar-refractivity contribution in [2.24, 2.45) is 0 Å². The van der Waals surface area contributed by atoms with Gasteiger partial charge in [-0.1, -0.05) is 106 Å². The minimum Gasteiger partial charge on any atom is -0.462 e. The van der Waals surface area contributed by atoms with Crippen molar-refractivity contribution in [1.82, 2.24) is 0 Å². The molecule has 0 aliphatic heterocycles. The molecule has 0 fully saturated rings. The van der Waals surface area contributed by atoms with Crippen molar-refractivity contribution in [2.45, 2.75) is 110 Å². The first-order valence-electron chi connectivity index (χ1n) is 17.7. The second-order valence-corrected chi connectivity index (χ2v) is 14.0. The zero-order valence-electron chi connectivity index (χ0n) is 30.4. The molecule has 0 radical (unpaired) electrons. The summed E-state index contributed by atoms with van der Waals surface area (Å²) < 4.78 is 34.0. The zero-order chi connectivity index (χ0) is 35.8. The van der Waals surface area contributed by atoms with Crippen LogP contribution in [0, 0.1) is 0 Å². The largest absolute Gasteiger partial charge is 0.472 e. The van der Waals surface area contributed by atoms with Gasteiger partial charge in [-0.3, -0.25) is 18.6 Å². The van der Waals surface area contributed by atoms with Crippen LogP contribution in [0.5, 0.6) is 0 Å². The predicted molar refractivity (Wildman–Crippen MR) is 196 cm³/mol. The van der Waals surface area contributed by atoms with Gasteiger partial charge in [-0.2, -0.15) is 0 Å². The van der Waals surface area contributed by atoms with E-state index in [0.717, 1.165) is 64.2 Å². The number of nitrogens with zero attached hydrogens (tertiary/aromatic N) is 1. The van der Waals surface area contributed by atoms with E-state index in [9.17, 15) is 19.0 Å². The van der Waals surface area contributed by atoms with Crippen LogP contribution in [-0.4, -0.2) is 74.9 Å². The van der Waals surface area contributed by atoms with Crippen LogP contribution >= 0.6 is 7.82 Å². The van der Waals surface area contributed by atoms with E-state index >= 15 is 0 Å². The maximum atomic E-state index is 12.6. The first kappa shape index (κ1) is 45.5. The van der Waals surface area contributed by atoms with Gasteiger partial charge in [-0.15, -0.1) is 0 Å². The molecule has 0 aromatic heterocycles. The number of phosphoric ester groups is 1. The number of phosphoric acid groups is 1. The van der Waals surface area contributed by atoms with Crippen LogP contribution < -0.4 is 0 Å². The van der Waals surface area contributed by atoms with E-state index in [1.165, 1.54) is 0 Å². The Labute approximate surface area is 291 Å². The molecule has 0 saturated carbocycles. The highest BCUT2D eigenvalue weighted by Crippen LogP contribution is 2.43. The average Bonchev–Trinajstić information content (AvgIpc) is 3.02. The molecule has 0 rings (SSSR count). The SMILES string of the molecule is CC/C=C/C=C/C=C/CCCCCCCC(=O)OC(COC(=O)CCC/C=C/C/C=C/C/C=C/CC)COP(=O)(O)OCC[N+](C)(C)C. The number of ether oxygens (including phenoxy) is 2. The van der Waals surface area contributed by atoms with Crippen molar-refractivity contribution in [1.29, 1.82) is 0 Å². The maximum absolute atomic E-state index is 12.6. The average molecular weight is 695 g/mol. The second kappa shape index (κ2) is 30.5. The fourth-order valence-corrected chi connectivity index (χ4v) is 4.78. The molecule has 10 heteroatoms. The van der Waals surface area contributed by atoms with E-state index in [1.807, 2.05) is 45.4 Å². The van der Waals surface area contributed by atoms with Gasteiger partial charge >= 0.3 is 19.8 Å². The van der Waals surface area contributed by atoms with E-state index in [1.54, 1.807) is 0 Å². The minimum atomic E-state index is -4.38. The molecule has 9 nitrogen and oxygen atoms in total. The normalized spacial score (nSPS) is 14.7. The zero-order valence-corrected chi connectivity index (χ0v) is 31.3. The highest BCUT2D eigenvalue weighted by Gasteiger charge is 2.27. The van der Waals surface area contributed by atoms with Crippen LogP contribution in [0.4, 0.5) is 0 Å². The summed E-state index contributed by atoms with van der Waals surface area (Å²) >= 11 is 0. The molecule has 0 bridgehead atoms. The third kappa shape index (κ3) is 33.4. The van der Waals surface area contributed by atoms with Gasteiger partial charge in [0, 0.05) is 12.8 Å². The molecule has 0 spiro atoms. The fourth-order valence-electron chi connectivity index (χ4n) is 4.03. The van der Waals surface area contributed by atoms with Crippen molar-refractivity contribution < 1.29 is 42.1 Å². The molecule has 0 saturated heterocycles. The van der Waals surface area contributed by atoms with Gasteiger partial charge in [0.25, 0.3) is 0 Å². The molecule has 0 aromatic rings. The molecule has 0 heterocycles. The van der Waals surface area contributed by atoms with E-state index in [2.05, 4.69) is 62.5 Å². The van der Waals surface area contributed by atoms with E-state index in [0.29, 0.717) is 23.9 Å². The number of allylic oxidation sites excluding steroid dienone is 12. The smallest absolute Gasteiger partial charge is 0.462 e. The minimum absolute atomic E-state index is 0.0156. The van der Waals surface area contributed by atoms with Gasteiger partial charge in [-0.25, -0.2) is 4.57 Å². The van der Waals surface area contributed by atoms with Gasteiger partial charge < -0.3 is 18.9 Å². The molecule has 0 aromatic carbocycles. The molecule has 0 aliphatic rings. The predicted octanol–water partition coefficient (Wildman–Crippen LogP) is 9.12. The molecule has 0 aliphatic carbocycles. The lowest BCUT2D eigenvalue weighted by Crippen LogP contribution is -2.37. The number of carbonyl (C=O) groups is 2. The van der Waals surface area contributed by atoms with Crippen molar-refractivity contribution in [3.05, 3.63) is 72.9 Å². The Morgan fingerprint density at radius 2 is 1.25 bits per heavy atom. The van der Waals surface area contributed by atoms with Crippen LogP contribution in [0.15, 0.2) is 72.9 Å². The Morgan fingerprint density at radius 3 is 1.94 bits per heavy atom. The summed E-state index contributed by atoms with van der Waals surface area (Å²) in [6.07, 6.45) is 35.4. The lowest BCUT2D eigenvalue weighted by Gasteiger charge is -2.24. The van der Waals surface area contributed by atoms with Crippen LogP contribution in [0.25, 0.3) is 0 Å². The molecule has 48 heavy (non-hydrogen) atoms. The summed E-state index contributed by atoms with van der Waals surface area (Å²) in [6, 6.07) is 0. The van der Waals surface area contributed by atoms with Gasteiger partial charge in [0.1, 0.15) is 19.8 Å². The van der Waals surface area contributed by atoms with E-state index in [-0.39, 0.29) is 26.1 Å². The quantitative estimate of drug-likeness (QED) is 0.0198. The number of hydrogen-bond donors (Lipinski definition) is 1. The standard InChI is InChI=1S/C38H64NO8P/c1-6-8-10-12-14-16-18-19-21-23-25-27-29-31-38(41)47-36(35-46-48(42,43)45-33-32-39(3,4)5)34-44-37(40)30-28-26-24-22-20-17-15-13-11-9-7-2/h8-12,14-18,22,24,36H,6-7,13,19-21,23,25-35H2,1-5H3/p+1/b10-8+,11-9+,14-12+,17-15+,18-16+,24-22+. The van der Waals surface area contributed by atoms with Crippen molar-refractivity contribution in [3.63, 3.8) is 0 Å². The first-order chi connectivity index (χ1) is 23.0. The topological polar surface area (TPSA) is 108 Å². The molecule has 0 amide bonds. The number of unbranched alkanes of at least 4 members (excludes halogenated alkanes) is 6. The fraction of sp³-hybridized carbons (Fsp3) is 0.632. The van der Waals surface area contributed by atoms with Crippen LogP contribution in [0.2, 0.25) is 0 Å². The molecule has 2 atom stereocenters. The summed E-state index contributed by atoms with van der Waals surface area (Å²) in [5.74, 6) is -0.900. The van der Waals surface area contributed by atoms with E-state index < -0.39 is 32.5 Å². The first-order valence-corrected chi connectivity index (χ1v) is 19.2. The Morgan fingerprint density at radius 1 is 0.667 bits per heavy atom. The Hall–Kier alpha value is -2.55. The summed E-state index contributed by atoms with van der Waals surface area (Å²) in [5.41, 5.74) is 0. The number of quaternary nitrogens is 1. The lowest BCUT2D eigenvalue weighted by molar-refractivity contribution is -0.870. The Balaban J connectivity index is 4.61. The molecule has 2 unspecified atom stereocenters. The van der Waals surface area contributed by atoms with Crippen molar-refractivity contribution >= 4 is 19.8 Å². The summed E-state index contributed by atoms with van der Waals surface area (Å²) in [7, 11) is 1.42. The van der Waals surface area contributed by atoms with Crippen molar-refractivity contribution in [3.8, 4) is 0 Å². The van der Waals surface area contributed by atoms with Crippen LogP contribution in [-0.2, 0) is 32.7 Å². The van der Waals surface area contributed by atoms with Crippen LogP contribution in [0.3, 0.4) is 0 Å². The highest BCUT2D eigenvalue weighted by atomic mass is 31.2. The number of hydrogen-bond acceptors (Lipinski definition) is 7. The lowest BCUT2D eigenvalue weighted by atomic mass is 10.1. The summed E-state index contributed by atoms with van der Waals surface area (Å²) in [6.45, 7) is 4.03. The number of carbonyl (C=O) groups excluding carboxylic acids is 2. The molecule has 274 valence electrons. The van der Waals surface area contributed by atoms with E-state index in [4.69, 9.17) is 18.5 Å². The number of rotatable bonds is 30. The number of likely N-dealkylation sites (N-methyl/N-ethyl adjacent to an activating group) is 1. The Bertz CT molecular complexity index is 1060. The second-order valence-electron chi connectivity index (χ2n) is 12.5. The summed E-state index contributed by atoms with van der Waals surface area (Å²) in [5, 5.41) is 0. The maximum Gasteiger partial charge on any atom is 0.472 e. The molecule has 1 N–H and O–H groups in total. The van der Waals surface area contributed by atoms with Gasteiger partial charge in [0.15, 0.2) is 6.10 Å². The monoisotopic (exact) mass is 694 g/mol. The summed E-state index contributed by atoms with van der Waals surface area (Å²) in [4.78, 5) is 35.0. The van der Waals surface area contributed by atoms with Crippen LogP contribution in [0.1, 0.15) is 104 Å². The van der Waals surface area contributed by atoms with Gasteiger partial charge in [-0.05, 0) is 57.8 Å². The van der Waals surface area contributed by atoms with Gasteiger partial charge in [0.05, 0.1) is 27.7 Å². The molecular weight excluding hydrogens is 629 g/mol. The van der Waals surface area contributed by atoms with Crippen molar-refractivity contribution in [2.75, 3.05) is 47.5 Å².